The molecule has 1 aromatic heterocycles. The Labute approximate surface area is 88.8 Å². The van der Waals surface area contributed by atoms with E-state index in [-0.39, 0.29) is 0 Å². The van der Waals surface area contributed by atoms with Crippen LogP contribution >= 0.6 is 8.51 Å². The van der Waals surface area contributed by atoms with Crippen molar-refractivity contribution in [2.24, 2.45) is 0 Å². The second-order valence-corrected chi connectivity index (χ2v) is 4.52. The fourth-order valence-electron chi connectivity index (χ4n) is 1.61. The Kier molecular flexibility index (Phi) is 5.86. The van der Waals surface area contributed by atoms with Crippen molar-refractivity contribution in [2.75, 3.05) is 0 Å². The highest BCUT2D eigenvalue weighted by atomic mass is 31.1. The first-order chi connectivity index (χ1) is 6.84. The minimum absolute atomic E-state index is 1.02. The van der Waals surface area contributed by atoms with Gasteiger partial charge in [-0.2, -0.15) is 0 Å². The van der Waals surface area contributed by atoms with E-state index in [0.717, 1.165) is 14.9 Å². The number of hydrogen-bond acceptors (Lipinski definition) is 1. The minimum Gasteiger partial charge on any atom is -0.325 e. The fourth-order valence-corrected chi connectivity index (χ4v) is 2.31. The van der Waals surface area contributed by atoms with E-state index >= 15 is 0 Å². The maximum Gasteiger partial charge on any atom is 0.129 e. The van der Waals surface area contributed by atoms with Crippen molar-refractivity contribution in [3.05, 3.63) is 11.4 Å². The third-order valence-electron chi connectivity index (χ3n) is 2.59. The van der Waals surface area contributed by atoms with Gasteiger partial charge in [0.2, 0.25) is 0 Å². The number of unbranched alkanes of at least 4 members (excludes halogenated alkanes) is 5. The normalized spacial score (nSPS) is 11.3. The smallest absolute Gasteiger partial charge is 0.129 e. The van der Waals surface area contributed by atoms with Crippen LogP contribution in [0.1, 0.15) is 56.8 Å². The molecule has 0 saturated heterocycles. The molecule has 0 bridgehead atoms. The third-order valence-corrected chi connectivity index (χ3v) is 3.37. The molecule has 0 aliphatic carbocycles. The number of aromatic nitrogens is 2. The zero-order chi connectivity index (χ0) is 10.2. The van der Waals surface area contributed by atoms with E-state index in [1.54, 1.807) is 0 Å². The number of nitrogens with zero attached hydrogens (tertiary/aromatic N) is 1. The first-order valence-electron chi connectivity index (χ1n) is 5.71. The molecule has 0 spiro atoms. The zero-order valence-corrected chi connectivity index (χ0v) is 10.2. The molecular formula is C11H21N2P. The van der Waals surface area contributed by atoms with Gasteiger partial charge in [0.05, 0.1) is 5.69 Å². The molecule has 80 valence electrons. The lowest BCUT2D eigenvalue weighted by Gasteiger charge is -1.99. The Morgan fingerprint density at radius 3 is 2.50 bits per heavy atom. The molecule has 0 aromatic carbocycles. The van der Waals surface area contributed by atoms with Gasteiger partial charge in [0, 0.05) is 5.69 Å². The second-order valence-electron chi connectivity index (χ2n) is 3.90. The van der Waals surface area contributed by atoms with Gasteiger partial charge in [0.25, 0.3) is 0 Å². The van der Waals surface area contributed by atoms with Gasteiger partial charge >= 0.3 is 0 Å². The summed E-state index contributed by atoms with van der Waals surface area (Å²) in [5.41, 5.74) is 2.57. The van der Waals surface area contributed by atoms with Crippen LogP contribution in [0.25, 0.3) is 0 Å². The van der Waals surface area contributed by atoms with E-state index < -0.39 is 0 Å². The Hall–Kier alpha value is -0.360. The molecule has 1 rings (SSSR count). The number of rotatable bonds is 7. The van der Waals surface area contributed by atoms with Crippen LogP contribution < -0.4 is 0 Å². The van der Waals surface area contributed by atoms with Gasteiger partial charge in [-0.1, -0.05) is 39.0 Å². The molecule has 1 N–H and O–H groups in total. The van der Waals surface area contributed by atoms with Gasteiger partial charge in [-0.15, -0.1) is 0 Å². The molecule has 0 aliphatic heterocycles. The van der Waals surface area contributed by atoms with Crippen molar-refractivity contribution in [2.45, 2.75) is 58.8 Å². The van der Waals surface area contributed by atoms with Crippen LogP contribution in [0.5, 0.6) is 0 Å². The molecule has 0 saturated carbocycles. The number of nitrogens with one attached hydrogen (secondary N) is 1. The summed E-state index contributed by atoms with van der Waals surface area (Å²) < 4.78 is 7.61. The standard InChI is InChI=1S/C11H21N2P/c1-3-4-5-6-7-8-9-11-10(2)12-14-13-11/h3-9H2,1-2H3,(H,12,13). The summed E-state index contributed by atoms with van der Waals surface area (Å²) >= 11 is 0. The second kappa shape index (κ2) is 7.00. The Balaban J connectivity index is 2.02. The maximum atomic E-state index is 4.39. The van der Waals surface area contributed by atoms with Gasteiger partial charge in [0.15, 0.2) is 0 Å². The maximum absolute atomic E-state index is 4.39. The fraction of sp³-hybridized carbons (Fsp3) is 0.818. The Bertz CT molecular complexity index is 245. The van der Waals surface area contributed by atoms with Crippen molar-refractivity contribution in [3.63, 3.8) is 0 Å². The van der Waals surface area contributed by atoms with Crippen molar-refractivity contribution in [1.29, 1.82) is 0 Å². The average Bonchev–Trinajstić information content (AvgIpc) is 2.58. The molecule has 1 aromatic rings. The molecule has 0 amide bonds. The number of aromatic amines is 1. The molecular weight excluding hydrogens is 191 g/mol. The van der Waals surface area contributed by atoms with Crippen LogP contribution in [0.3, 0.4) is 0 Å². The summed E-state index contributed by atoms with van der Waals surface area (Å²) in [4.78, 5) is 0. The summed E-state index contributed by atoms with van der Waals surface area (Å²) in [6, 6.07) is 0. The third kappa shape index (κ3) is 4.23. The van der Waals surface area contributed by atoms with Crippen LogP contribution in [0, 0.1) is 6.92 Å². The monoisotopic (exact) mass is 212 g/mol. The largest absolute Gasteiger partial charge is 0.325 e. The topological polar surface area (TPSA) is 28.7 Å². The molecule has 0 atom stereocenters. The first-order valence-corrected chi connectivity index (χ1v) is 6.56. The van der Waals surface area contributed by atoms with E-state index in [0.29, 0.717) is 0 Å². The van der Waals surface area contributed by atoms with E-state index in [4.69, 9.17) is 0 Å². The molecule has 3 heteroatoms. The molecule has 14 heavy (non-hydrogen) atoms. The van der Waals surface area contributed by atoms with E-state index in [9.17, 15) is 0 Å². The number of aryl methyl sites for hydroxylation is 2. The first kappa shape index (κ1) is 11.7. The van der Waals surface area contributed by atoms with E-state index in [2.05, 4.69) is 23.3 Å². The molecule has 0 aliphatic rings. The zero-order valence-electron chi connectivity index (χ0n) is 9.34. The van der Waals surface area contributed by atoms with Crippen molar-refractivity contribution < 1.29 is 0 Å². The Morgan fingerprint density at radius 1 is 1.14 bits per heavy atom. The SMILES string of the molecule is CCCCCCCCc1np[nH]c1C. The van der Waals surface area contributed by atoms with E-state index in [1.807, 2.05) is 0 Å². The highest BCUT2D eigenvalue weighted by Gasteiger charge is 2.00. The van der Waals surface area contributed by atoms with Crippen molar-refractivity contribution in [1.82, 2.24) is 9.49 Å². The van der Waals surface area contributed by atoms with Gasteiger partial charge in [-0.3, -0.25) is 0 Å². The van der Waals surface area contributed by atoms with Gasteiger partial charge in [0.1, 0.15) is 8.51 Å². The summed E-state index contributed by atoms with van der Waals surface area (Å²) in [6.45, 7) is 4.38. The van der Waals surface area contributed by atoms with Crippen LogP contribution in [-0.4, -0.2) is 9.49 Å². The van der Waals surface area contributed by atoms with Gasteiger partial charge in [-0.05, 0) is 19.8 Å². The minimum atomic E-state index is 1.02. The quantitative estimate of drug-likeness (QED) is 0.674. The predicted octanol–water partition coefficient (Wildman–Crippen LogP) is 4.20. The van der Waals surface area contributed by atoms with Crippen LogP contribution in [0.4, 0.5) is 0 Å². The highest BCUT2D eigenvalue weighted by Crippen LogP contribution is 2.12. The van der Waals surface area contributed by atoms with Gasteiger partial charge < -0.3 is 4.75 Å². The molecule has 0 radical (unpaired) electrons. The molecule has 0 fully saturated rings. The van der Waals surface area contributed by atoms with Gasteiger partial charge in [-0.25, -0.2) is 4.75 Å². The van der Waals surface area contributed by atoms with Crippen molar-refractivity contribution >= 4 is 8.51 Å². The van der Waals surface area contributed by atoms with E-state index in [1.165, 1.54) is 49.9 Å². The Morgan fingerprint density at radius 2 is 1.86 bits per heavy atom. The molecule has 0 unspecified atom stereocenters. The van der Waals surface area contributed by atoms with Crippen LogP contribution in [0.2, 0.25) is 0 Å². The number of hydrogen-bond donors (Lipinski definition) is 1. The lowest BCUT2D eigenvalue weighted by Crippen LogP contribution is -1.89. The molecule has 2 nitrogen and oxygen atoms in total. The number of H-pyrrole nitrogens is 1. The summed E-state index contributed by atoms with van der Waals surface area (Å²) in [6.07, 6.45) is 9.36. The van der Waals surface area contributed by atoms with Crippen LogP contribution in [-0.2, 0) is 6.42 Å². The molecule has 1 heterocycles. The predicted molar refractivity (Wildman–Crippen MR) is 62.9 cm³/mol. The summed E-state index contributed by atoms with van der Waals surface area (Å²) in [5, 5.41) is 0. The highest BCUT2D eigenvalue weighted by molar-refractivity contribution is 7.20. The van der Waals surface area contributed by atoms with Crippen molar-refractivity contribution in [3.8, 4) is 0 Å². The lowest BCUT2D eigenvalue weighted by atomic mass is 10.1. The lowest BCUT2D eigenvalue weighted by molar-refractivity contribution is 0.605. The van der Waals surface area contributed by atoms with Crippen LogP contribution in [0.15, 0.2) is 0 Å². The summed E-state index contributed by atoms with van der Waals surface area (Å²) in [5.74, 6) is 0. The summed E-state index contributed by atoms with van der Waals surface area (Å²) in [7, 11) is 1.02. The average molecular weight is 212 g/mol.